The van der Waals surface area contributed by atoms with Crippen LogP contribution in [0.15, 0.2) is 58.9 Å². The van der Waals surface area contributed by atoms with Crippen molar-refractivity contribution >= 4 is 52.3 Å². The Morgan fingerprint density at radius 2 is 1.79 bits per heavy atom. The summed E-state index contributed by atoms with van der Waals surface area (Å²) in [6.45, 7) is -0.243. The van der Waals surface area contributed by atoms with E-state index in [4.69, 9.17) is 23.2 Å². The Labute approximate surface area is 169 Å². The van der Waals surface area contributed by atoms with E-state index in [2.05, 4.69) is 15.7 Å². The first-order valence-electron chi connectivity index (χ1n) is 8.31. The summed E-state index contributed by atoms with van der Waals surface area (Å²) in [6.07, 6.45) is 0. The number of hydrogen-bond acceptors (Lipinski definition) is 6. The van der Waals surface area contributed by atoms with Crippen LogP contribution < -0.4 is 10.2 Å². The summed E-state index contributed by atoms with van der Waals surface area (Å²) < 4.78 is 0. The molecule has 0 spiro atoms. The van der Waals surface area contributed by atoms with Gasteiger partial charge >= 0.3 is 0 Å². The second kappa shape index (κ2) is 7.21. The summed E-state index contributed by atoms with van der Waals surface area (Å²) in [6, 6.07) is 11.3. The van der Waals surface area contributed by atoms with Gasteiger partial charge in [-0.1, -0.05) is 46.6 Å². The maximum absolute atomic E-state index is 12.8. The van der Waals surface area contributed by atoms with Crippen LogP contribution in [0, 0.1) is 0 Å². The van der Waals surface area contributed by atoms with E-state index in [0.717, 1.165) is 4.90 Å². The second-order valence-corrected chi connectivity index (χ2v) is 7.03. The first-order valence-corrected chi connectivity index (χ1v) is 9.06. The van der Waals surface area contributed by atoms with Crippen molar-refractivity contribution in [2.24, 2.45) is 10.3 Å². The molecule has 28 heavy (non-hydrogen) atoms. The Bertz CT molecular complexity index is 998. The molecule has 2 aliphatic rings. The molecule has 0 saturated carbocycles. The summed E-state index contributed by atoms with van der Waals surface area (Å²) in [5.41, 5.74) is 0.911. The minimum Gasteiger partial charge on any atom is -0.324 e. The van der Waals surface area contributed by atoms with Crippen LogP contribution in [-0.2, 0) is 14.4 Å². The number of anilines is 2. The molecule has 0 unspecified atom stereocenters. The number of rotatable bonds is 4. The lowest BCUT2D eigenvalue weighted by molar-refractivity contribution is -0.123. The molecule has 142 valence electrons. The fourth-order valence-corrected chi connectivity index (χ4v) is 3.41. The van der Waals surface area contributed by atoms with Crippen LogP contribution in [0.3, 0.4) is 0 Å². The molecule has 2 aliphatic heterocycles. The van der Waals surface area contributed by atoms with Gasteiger partial charge in [0.25, 0.3) is 11.8 Å². The number of carbonyl (C=O) groups is 3. The van der Waals surface area contributed by atoms with Crippen LogP contribution in [0.2, 0.25) is 10.0 Å². The van der Waals surface area contributed by atoms with Crippen molar-refractivity contribution in [2.45, 2.75) is 12.1 Å². The summed E-state index contributed by atoms with van der Waals surface area (Å²) in [7, 11) is 0. The summed E-state index contributed by atoms with van der Waals surface area (Å²) in [5.74, 6) is -1.36. The largest absolute Gasteiger partial charge is 0.324 e. The molecule has 0 aliphatic carbocycles. The summed E-state index contributed by atoms with van der Waals surface area (Å²) in [5, 5.41) is 12.3. The van der Waals surface area contributed by atoms with E-state index in [9.17, 15) is 14.4 Å². The molecule has 1 N–H and O–H groups in total. The van der Waals surface area contributed by atoms with Crippen molar-refractivity contribution in [1.82, 2.24) is 5.01 Å². The standard InChI is InChI=1S/C18H13Cl2N5O3/c19-12-7-6-10(8-13(12)20)21-14(26)9-24-16-15(22-23-24)17(27)25(18(16)28)11-4-2-1-3-5-11/h1-8,15-16H,9H2,(H,21,26)/t15-,16-/m1/s1. The van der Waals surface area contributed by atoms with Gasteiger partial charge < -0.3 is 5.32 Å². The van der Waals surface area contributed by atoms with E-state index in [0.29, 0.717) is 21.4 Å². The van der Waals surface area contributed by atoms with E-state index >= 15 is 0 Å². The van der Waals surface area contributed by atoms with Crippen molar-refractivity contribution in [3.63, 3.8) is 0 Å². The highest BCUT2D eigenvalue weighted by Crippen LogP contribution is 2.31. The number of imide groups is 1. The zero-order valence-electron chi connectivity index (χ0n) is 14.3. The maximum Gasteiger partial charge on any atom is 0.263 e. The Kier molecular flexibility index (Phi) is 4.74. The monoisotopic (exact) mass is 417 g/mol. The van der Waals surface area contributed by atoms with Crippen LogP contribution in [0.25, 0.3) is 0 Å². The number of para-hydroxylation sites is 1. The lowest BCUT2D eigenvalue weighted by Crippen LogP contribution is -2.43. The van der Waals surface area contributed by atoms with Crippen molar-refractivity contribution in [3.05, 3.63) is 58.6 Å². The van der Waals surface area contributed by atoms with E-state index in [1.165, 1.54) is 11.1 Å². The van der Waals surface area contributed by atoms with Gasteiger partial charge in [0.1, 0.15) is 6.54 Å². The summed E-state index contributed by atoms with van der Waals surface area (Å²) in [4.78, 5) is 38.8. The zero-order valence-corrected chi connectivity index (χ0v) is 15.8. The number of fused-ring (bicyclic) bond motifs is 1. The minimum atomic E-state index is -0.953. The average molecular weight is 418 g/mol. The molecule has 0 radical (unpaired) electrons. The smallest absolute Gasteiger partial charge is 0.263 e. The Morgan fingerprint density at radius 1 is 1.04 bits per heavy atom. The first-order chi connectivity index (χ1) is 13.5. The van der Waals surface area contributed by atoms with Gasteiger partial charge in [0, 0.05) is 5.69 Å². The van der Waals surface area contributed by atoms with Crippen LogP contribution >= 0.6 is 23.2 Å². The molecule has 2 heterocycles. The van der Waals surface area contributed by atoms with Crippen molar-refractivity contribution in [3.8, 4) is 0 Å². The molecule has 1 saturated heterocycles. The minimum absolute atomic E-state index is 0.243. The molecule has 0 bridgehead atoms. The molecule has 2 aromatic rings. The number of hydrogen-bond donors (Lipinski definition) is 1. The SMILES string of the molecule is O=C(CN1N=N[C@H]2C(=O)N(c3ccccc3)C(=O)[C@@H]21)Nc1ccc(Cl)c(Cl)c1. The highest BCUT2D eigenvalue weighted by Gasteiger charge is 2.55. The van der Waals surface area contributed by atoms with Crippen molar-refractivity contribution in [1.29, 1.82) is 0 Å². The molecule has 2 aromatic carbocycles. The van der Waals surface area contributed by atoms with Gasteiger partial charge in [-0.2, -0.15) is 5.11 Å². The molecule has 4 rings (SSSR count). The Balaban J connectivity index is 1.47. The topological polar surface area (TPSA) is 94.4 Å². The Hall–Kier alpha value is -2.97. The third kappa shape index (κ3) is 3.21. The first kappa shape index (κ1) is 18.4. The van der Waals surface area contributed by atoms with Crippen LogP contribution in [0.1, 0.15) is 0 Å². The number of carbonyl (C=O) groups excluding carboxylic acids is 3. The fraction of sp³-hybridized carbons (Fsp3) is 0.167. The highest BCUT2D eigenvalue weighted by molar-refractivity contribution is 6.42. The third-order valence-corrected chi connectivity index (χ3v) is 5.12. The fourth-order valence-electron chi connectivity index (χ4n) is 3.11. The quantitative estimate of drug-likeness (QED) is 0.773. The summed E-state index contributed by atoms with van der Waals surface area (Å²) >= 11 is 11.8. The van der Waals surface area contributed by atoms with Crippen LogP contribution in [-0.4, -0.2) is 41.4 Å². The molecule has 1 fully saturated rings. The number of amides is 3. The van der Waals surface area contributed by atoms with Gasteiger partial charge in [-0.3, -0.25) is 19.4 Å². The van der Waals surface area contributed by atoms with Gasteiger partial charge in [-0.15, -0.1) is 0 Å². The highest BCUT2D eigenvalue weighted by atomic mass is 35.5. The van der Waals surface area contributed by atoms with E-state index < -0.39 is 29.8 Å². The van der Waals surface area contributed by atoms with E-state index in [-0.39, 0.29) is 6.54 Å². The molecule has 0 aromatic heterocycles. The predicted molar refractivity (Wildman–Crippen MR) is 103 cm³/mol. The van der Waals surface area contributed by atoms with Gasteiger partial charge in [0.2, 0.25) is 5.91 Å². The van der Waals surface area contributed by atoms with E-state index in [1.54, 1.807) is 42.5 Å². The van der Waals surface area contributed by atoms with Crippen LogP contribution in [0.4, 0.5) is 11.4 Å². The lowest BCUT2D eigenvalue weighted by atomic mass is 10.1. The van der Waals surface area contributed by atoms with Gasteiger partial charge in [0.15, 0.2) is 12.1 Å². The Morgan fingerprint density at radius 3 is 2.50 bits per heavy atom. The third-order valence-electron chi connectivity index (χ3n) is 4.38. The van der Waals surface area contributed by atoms with Gasteiger partial charge in [-0.05, 0) is 30.3 Å². The number of nitrogens with one attached hydrogen (secondary N) is 1. The lowest BCUT2D eigenvalue weighted by Gasteiger charge is -2.20. The molecule has 3 amide bonds. The average Bonchev–Trinajstić information content (AvgIpc) is 3.19. The van der Waals surface area contributed by atoms with Gasteiger partial charge in [0.05, 0.1) is 15.7 Å². The van der Waals surface area contributed by atoms with Gasteiger partial charge in [-0.25, -0.2) is 4.90 Å². The zero-order chi connectivity index (χ0) is 19.8. The predicted octanol–water partition coefficient (Wildman–Crippen LogP) is 2.93. The number of benzene rings is 2. The normalized spacial score (nSPS) is 20.6. The van der Waals surface area contributed by atoms with Crippen molar-refractivity contribution < 1.29 is 14.4 Å². The molecular formula is C18H13Cl2N5O3. The molecule has 2 atom stereocenters. The van der Waals surface area contributed by atoms with Crippen molar-refractivity contribution in [2.75, 3.05) is 16.8 Å². The van der Waals surface area contributed by atoms with E-state index in [1.807, 2.05) is 0 Å². The molecular weight excluding hydrogens is 405 g/mol. The molecule has 8 nitrogen and oxygen atoms in total. The second-order valence-electron chi connectivity index (χ2n) is 6.22. The maximum atomic E-state index is 12.8. The molecule has 10 heteroatoms. The number of nitrogens with zero attached hydrogens (tertiary/aromatic N) is 4. The number of halogens is 2. The van der Waals surface area contributed by atoms with Crippen LogP contribution in [0.5, 0.6) is 0 Å².